The van der Waals surface area contributed by atoms with Gasteiger partial charge in [-0.3, -0.25) is 4.79 Å². The molecule has 1 aliphatic rings. The second kappa shape index (κ2) is 5.92. The molecule has 0 N–H and O–H groups in total. The predicted octanol–water partition coefficient (Wildman–Crippen LogP) is 3.22. The fraction of sp³-hybridized carbons (Fsp3) is 0.500. The van der Waals surface area contributed by atoms with Gasteiger partial charge in [0, 0.05) is 10.5 Å². The monoisotopic (exact) mass is 328 g/mol. The molecule has 2 unspecified atom stereocenters. The highest BCUT2D eigenvalue weighted by Gasteiger charge is 2.32. The van der Waals surface area contributed by atoms with Crippen molar-refractivity contribution in [2.75, 3.05) is 14.2 Å². The van der Waals surface area contributed by atoms with Gasteiger partial charge in [0.05, 0.1) is 25.9 Å². The molecule has 4 nitrogen and oxygen atoms in total. The van der Waals surface area contributed by atoms with E-state index in [9.17, 15) is 4.79 Å². The van der Waals surface area contributed by atoms with E-state index in [-0.39, 0.29) is 18.0 Å². The van der Waals surface area contributed by atoms with Crippen molar-refractivity contribution in [3.63, 3.8) is 0 Å². The third-order valence-electron chi connectivity index (χ3n) is 3.25. The number of ether oxygens (including phenoxy) is 3. The molecule has 2 rings (SSSR count). The molecule has 0 bridgehead atoms. The molecular weight excluding hydrogens is 312 g/mol. The van der Waals surface area contributed by atoms with Gasteiger partial charge in [-0.25, -0.2) is 0 Å². The van der Waals surface area contributed by atoms with Crippen LogP contribution >= 0.6 is 15.9 Å². The Morgan fingerprint density at radius 2 is 2.05 bits per heavy atom. The van der Waals surface area contributed by atoms with E-state index in [1.54, 1.807) is 19.2 Å². The van der Waals surface area contributed by atoms with Gasteiger partial charge in [-0.05, 0) is 41.8 Å². The Labute approximate surface area is 121 Å². The molecule has 0 radical (unpaired) electrons. The number of rotatable bonds is 4. The SMILES string of the molecule is COc1cc(Br)c(C(=O)C2CCC(C)O2)c(OC)c1. The molecule has 0 saturated carbocycles. The third-order valence-corrected chi connectivity index (χ3v) is 3.88. The van der Waals surface area contributed by atoms with Crippen LogP contribution < -0.4 is 9.47 Å². The lowest BCUT2D eigenvalue weighted by Gasteiger charge is -2.15. The van der Waals surface area contributed by atoms with Gasteiger partial charge in [-0.1, -0.05) is 0 Å². The number of carbonyl (C=O) groups is 1. The van der Waals surface area contributed by atoms with Crippen molar-refractivity contribution < 1.29 is 19.0 Å². The second-order valence-electron chi connectivity index (χ2n) is 4.56. The van der Waals surface area contributed by atoms with E-state index < -0.39 is 0 Å². The fourth-order valence-corrected chi connectivity index (χ4v) is 2.85. The molecule has 104 valence electrons. The summed E-state index contributed by atoms with van der Waals surface area (Å²) in [6, 6.07) is 3.46. The molecule has 0 spiro atoms. The Bertz CT molecular complexity index is 487. The van der Waals surface area contributed by atoms with Crippen molar-refractivity contribution in [2.24, 2.45) is 0 Å². The van der Waals surface area contributed by atoms with E-state index >= 15 is 0 Å². The van der Waals surface area contributed by atoms with Crippen LogP contribution in [-0.4, -0.2) is 32.2 Å². The molecule has 5 heteroatoms. The van der Waals surface area contributed by atoms with Crippen molar-refractivity contribution in [2.45, 2.75) is 32.0 Å². The maximum absolute atomic E-state index is 12.5. The summed E-state index contributed by atoms with van der Waals surface area (Å²) in [6.07, 6.45) is 1.42. The summed E-state index contributed by atoms with van der Waals surface area (Å²) in [4.78, 5) is 12.5. The van der Waals surface area contributed by atoms with Crippen molar-refractivity contribution in [1.29, 1.82) is 0 Å². The van der Waals surface area contributed by atoms with E-state index in [0.29, 0.717) is 21.5 Å². The van der Waals surface area contributed by atoms with Gasteiger partial charge in [0.25, 0.3) is 0 Å². The molecule has 0 aromatic heterocycles. The van der Waals surface area contributed by atoms with Crippen LogP contribution in [0.4, 0.5) is 0 Å². The summed E-state index contributed by atoms with van der Waals surface area (Å²) in [5, 5.41) is 0. The van der Waals surface area contributed by atoms with E-state index in [4.69, 9.17) is 14.2 Å². The molecule has 1 aromatic carbocycles. The van der Waals surface area contributed by atoms with Crippen molar-refractivity contribution in [3.8, 4) is 11.5 Å². The van der Waals surface area contributed by atoms with Crippen LogP contribution in [0.1, 0.15) is 30.1 Å². The molecule has 1 fully saturated rings. The zero-order chi connectivity index (χ0) is 14.0. The minimum Gasteiger partial charge on any atom is -0.497 e. The number of ketones is 1. The average Bonchev–Trinajstić information content (AvgIpc) is 2.83. The maximum atomic E-state index is 12.5. The lowest BCUT2D eigenvalue weighted by atomic mass is 10.0. The average molecular weight is 329 g/mol. The first kappa shape index (κ1) is 14.3. The van der Waals surface area contributed by atoms with Crippen LogP contribution in [0.2, 0.25) is 0 Å². The number of methoxy groups -OCH3 is 2. The van der Waals surface area contributed by atoms with Crippen molar-refractivity contribution in [1.82, 2.24) is 0 Å². The van der Waals surface area contributed by atoms with Gasteiger partial charge in [-0.15, -0.1) is 0 Å². The topological polar surface area (TPSA) is 44.8 Å². The molecule has 1 aliphatic heterocycles. The maximum Gasteiger partial charge on any atom is 0.196 e. The Morgan fingerprint density at radius 1 is 1.32 bits per heavy atom. The van der Waals surface area contributed by atoms with E-state index in [2.05, 4.69) is 15.9 Å². The van der Waals surface area contributed by atoms with Gasteiger partial charge in [0.1, 0.15) is 17.6 Å². The number of hydrogen-bond acceptors (Lipinski definition) is 4. The largest absolute Gasteiger partial charge is 0.497 e. The van der Waals surface area contributed by atoms with Gasteiger partial charge in [0.2, 0.25) is 0 Å². The highest BCUT2D eigenvalue weighted by atomic mass is 79.9. The lowest BCUT2D eigenvalue weighted by Crippen LogP contribution is -2.22. The van der Waals surface area contributed by atoms with Crippen LogP contribution in [0.3, 0.4) is 0 Å². The van der Waals surface area contributed by atoms with Crippen LogP contribution in [0, 0.1) is 0 Å². The third kappa shape index (κ3) is 2.92. The van der Waals surface area contributed by atoms with Gasteiger partial charge >= 0.3 is 0 Å². The number of carbonyl (C=O) groups excluding carboxylic acids is 1. The van der Waals surface area contributed by atoms with Crippen LogP contribution in [0.25, 0.3) is 0 Å². The Kier molecular flexibility index (Phi) is 4.47. The first-order chi connectivity index (χ1) is 9.06. The number of hydrogen-bond donors (Lipinski definition) is 0. The molecule has 19 heavy (non-hydrogen) atoms. The summed E-state index contributed by atoms with van der Waals surface area (Å²) < 4.78 is 16.7. The molecule has 2 atom stereocenters. The minimum atomic E-state index is -0.381. The Balaban J connectivity index is 2.35. The van der Waals surface area contributed by atoms with Gasteiger partial charge in [0.15, 0.2) is 5.78 Å². The summed E-state index contributed by atoms with van der Waals surface area (Å²) in [6.45, 7) is 1.98. The van der Waals surface area contributed by atoms with Crippen molar-refractivity contribution >= 4 is 21.7 Å². The highest BCUT2D eigenvalue weighted by Crippen LogP contribution is 2.35. The molecule has 1 heterocycles. The van der Waals surface area contributed by atoms with Gasteiger partial charge in [-0.2, -0.15) is 0 Å². The van der Waals surface area contributed by atoms with Crippen LogP contribution in [0.5, 0.6) is 11.5 Å². The molecular formula is C14H17BrO4. The van der Waals surface area contributed by atoms with E-state index in [1.165, 1.54) is 7.11 Å². The van der Waals surface area contributed by atoms with Crippen molar-refractivity contribution in [3.05, 3.63) is 22.2 Å². The van der Waals surface area contributed by atoms with Crippen LogP contribution in [0.15, 0.2) is 16.6 Å². The molecule has 1 aromatic rings. The summed E-state index contributed by atoms with van der Waals surface area (Å²) >= 11 is 3.41. The second-order valence-corrected chi connectivity index (χ2v) is 5.42. The van der Waals surface area contributed by atoms with Crippen LogP contribution in [-0.2, 0) is 4.74 Å². The Hall–Kier alpha value is -1.07. The summed E-state index contributed by atoms with van der Waals surface area (Å²) in [7, 11) is 3.11. The summed E-state index contributed by atoms with van der Waals surface area (Å²) in [5.74, 6) is 1.09. The minimum absolute atomic E-state index is 0.0456. The van der Waals surface area contributed by atoms with E-state index in [1.807, 2.05) is 6.92 Å². The number of Topliss-reactive ketones (excluding diaryl/α,β-unsaturated/α-hetero) is 1. The Morgan fingerprint density at radius 3 is 2.58 bits per heavy atom. The fourth-order valence-electron chi connectivity index (χ4n) is 2.23. The zero-order valence-electron chi connectivity index (χ0n) is 11.2. The normalized spacial score (nSPS) is 22.3. The molecule has 0 aliphatic carbocycles. The number of halogens is 1. The quantitative estimate of drug-likeness (QED) is 0.796. The standard InChI is InChI=1S/C14H17BrO4/c1-8-4-5-11(19-8)14(16)13-10(15)6-9(17-2)7-12(13)18-3/h6-8,11H,4-5H2,1-3H3. The summed E-state index contributed by atoms with van der Waals surface area (Å²) in [5.41, 5.74) is 0.516. The first-order valence-electron chi connectivity index (χ1n) is 6.18. The first-order valence-corrected chi connectivity index (χ1v) is 6.97. The lowest BCUT2D eigenvalue weighted by molar-refractivity contribution is 0.0430. The predicted molar refractivity (Wildman–Crippen MR) is 75.1 cm³/mol. The van der Waals surface area contributed by atoms with Gasteiger partial charge < -0.3 is 14.2 Å². The van der Waals surface area contributed by atoms with E-state index in [0.717, 1.165) is 12.8 Å². The zero-order valence-corrected chi connectivity index (χ0v) is 12.8. The smallest absolute Gasteiger partial charge is 0.196 e. The molecule has 0 amide bonds. The molecule has 1 saturated heterocycles. The highest BCUT2D eigenvalue weighted by molar-refractivity contribution is 9.10. The number of benzene rings is 1.